The number of sulfonamides is 1. The van der Waals surface area contributed by atoms with E-state index in [-0.39, 0.29) is 4.90 Å². The van der Waals surface area contributed by atoms with E-state index in [1.165, 1.54) is 0 Å². The molecule has 0 bridgehead atoms. The van der Waals surface area contributed by atoms with Gasteiger partial charge in [-0.25, -0.2) is 8.42 Å². The van der Waals surface area contributed by atoms with E-state index in [1.54, 1.807) is 30.3 Å². The Bertz CT molecular complexity index is 657. The summed E-state index contributed by atoms with van der Waals surface area (Å²) in [7, 11) is -3.57. The molecule has 0 amide bonds. The second kappa shape index (κ2) is 5.75. The highest BCUT2D eigenvalue weighted by Gasteiger charge is 2.32. The maximum atomic E-state index is 12.4. The van der Waals surface area contributed by atoms with Crippen LogP contribution in [0.4, 0.5) is 0 Å². The van der Waals surface area contributed by atoms with Crippen LogP contribution in [0.15, 0.2) is 65.6 Å². The Morgan fingerprint density at radius 1 is 1.00 bits per heavy atom. The maximum Gasteiger partial charge on any atom is 0.241 e. The van der Waals surface area contributed by atoms with E-state index in [1.807, 2.05) is 37.3 Å². The van der Waals surface area contributed by atoms with Gasteiger partial charge in [-0.05, 0) is 24.6 Å². The number of hydrogen-bond donors (Lipinski definition) is 2. The first kappa shape index (κ1) is 14.7. The molecule has 0 aliphatic heterocycles. The molecule has 2 rings (SSSR count). The van der Waals surface area contributed by atoms with Gasteiger partial charge >= 0.3 is 0 Å². The summed E-state index contributed by atoms with van der Waals surface area (Å²) in [6.45, 7) is 2.26. The molecule has 0 unspecified atom stereocenters. The molecular weight excluding hydrogens is 272 g/mol. The SMILES string of the molecule is C[C@](C[NH3+])(NS(=O)(=O)c1ccccc1)c1ccccc1. The highest BCUT2D eigenvalue weighted by atomic mass is 32.2. The van der Waals surface area contributed by atoms with Crippen LogP contribution in [0.5, 0.6) is 0 Å². The van der Waals surface area contributed by atoms with Gasteiger partial charge in [0, 0.05) is 0 Å². The summed E-state index contributed by atoms with van der Waals surface area (Å²) >= 11 is 0. The average molecular weight is 291 g/mol. The minimum atomic E-state index is -3.57. The van der Waals surface area contributed by atoms with E-state index in [0.29, 0.717) is 6.54 Å². The number of quaternary nitrogens is 1. The fourth-order valence-corrected chi connectivity index (χ4v) is 3.46. The normalized spacial score (nSPS) is 14.7. The zero-order chi connectivity index (χ0) is 14.6. The van der Waals surface area contributed by atoms with Gasteiger partial charge in [-0.1, -0.05) is 48.5 Å². The molecule has 0 radical (unpaired) electrons. The smallest absolute Gasteiger partial charge is 0.241 e. The molecule has 0 aliphatic carbocycles. The largest absolute Gasteiger partial charge is 0.356 e. The third kappa shape index (κ3) is 3.07. The third-order valence-corrected chi connectivity index (χ3v) is 4.94. The summed E-state index contributed by atoms with van der Waals surface area (Å²) < 4.78 is 27.6. The van der Waals surface area contributed by atoms with Crippen molar-refractivity contribution in [2.75, 3.05) is 6.54 Å². The molecule has 0 saturated heterocycles. The summed E-state index contributed by atoms with van der Waals surface area (Å²) in [5.74, 6) is 0. The van der Waals surface area contributed by atoms with Gasteiger partial charge in [0.15, 0.2) is 0 Å². The lowest BCUT2D eigenvalue weighted by molar-refractivity contribution is -0.383. The molecule has 4 nitrogen and oxygen atoms in total. The van der Waals surface area contributed by atoms with Gasteiger partial charge < -0.3 is 5.73 Å². The molecule has 2 aromatic carbocycles. The number of nitrogens with one attached hydrogen (secondary N) is 1. The van der Waals surface area contributed by atoms with Gasteiger partial charge in [0.05, 0.1) is 11.4 Å². The molecule has 0 aliphatic rings. The minimum absolute atomic E-state index is 0.260. The molecule has 1 atom stereocenters. The summed E-state index contributed by atoms with van der Waals surface area (Å²) in [5.41, 5.74) is 4.06. The van der Waals surface area contributed by atoms with Crippen molar-refractivity contribution in [2.45, 2.75) is 17.4 Å². The second-order valence-electron chi connectivity index (χ2n) is 4.87. The molecular formula is C15H19N2O2S+. The van der Waals surface area contributed by atoms with E-state index in [9.17, 15) is 8.42 Å². The first-order chi connectivity index (χ1) is 9.48. The van der Waals surface area contributed by atoms with Gasteiger partial charge in [-0.15, -0.1) is 0 Å². The van der Waals surface area contributed by atoms with Crippen LogP contribution in [0.25, 0.3) is 0 Å². The Morgan fingerprint density at radius 2 is 1.50 bits per heavy atom. The van der Waals surface area contributed by atoms with Gasteiger partial charge in [-0.2, -0.15) is 4.72 Å². The topological polar surface area (TPSA) is 73.8 Å². The summed E-state index contributed by atoms with van der Waals surface area (Å²) in [6.07, 6.45) is 0. The van der Waals surface area contributed by atoms with Crippen molar-refractivity contribution in [3.05, 3.63) is 66.2 Å². The van der Waals surface area contributed by atoms with Crippen molar-refractivity contribution in [3.63, 3.8) is 0 Å². The molecule has 0 heterocycles. The Hall–Kier alpha value is -1.69. The van der Waals surface area contributed by atoms with Gasteiger partial charge in [0.25, 0.3) is 0 Å². The quantitative estimate of drug-likeness (QED) is 0.866. The van der Waals surface area contributed by atoms with Crippen LogP contribution in [0.1, 0.15) is 12.5 Å². The molecule has 106 valence electrons. The van der Waals surface area contributed by atoms with Crippen molar-refractivity contribution in [2.24, 2.45) is 0 Å². The van der Waals surface area contributed by atoms with E-state index >= 15 is 0 Å². The van der Waals surface area contributed by atoms with Crippen LogP contribution in [-0.2, 0) is 15.6 Å². The van der Waals surface area contributed by atoms with Crippen LogP contribution in [0, 0.1) is 0 Å². The number of rotatable bonds is 5. The van der Waals surface area contributed by atoms with Crippen LogP contribution >= 0.6 is 0 Å². The predicted molar refractivity (Wildman–Crippen MR) is 78.3 cm³/mol. The van der Waals surface area contributed by atoms with Crippen molar-refractivity contribution in [3.8, 4) is 0 Å². The molecule has 4 N–H and O–H groups in total. The molecule has 0 fully saturated rings. The molecule has 2 aromatic rings. The highest BCUT2D eigenvalue weighted by molar-refractivity contribution is 7.89. The molecule has 0 saturated carbocycles. The predicted octanol–water partition coefficient (Wildman–Crippen LogP) is 1.12. The van der Waals surface area contributed by atoms with Crippen LogP contribution in [0.2, 0.25) is 0 Å². The van der Waals surface area contributed by atoms with Crippen molar-refractivity contribution in [1.29, 1.82) is 0 Å². The molecule has 20 heavy (non-hydrogen) atoms. The fourth-order valence-electron chi connectivity index (χ4n) is 2.02. The summed E-state index contributed by atoms with van der Waals surface area (Å²) in [6, 6.07) is 17.8. The van der Waals surface area contributed by atoms with E-state index in [2.05, 4.69) is 10.5 Å². The van der Waals surface area contributed by atoms with E-state index in [4.69, 9.17) is 0 Å². The van der Waals surface area contributed by atoms with Crippen LogP contribution in [-0.4, -0.2) is 15.0 Å². The van der Waals surface area contributed by atoms with Crippen LogP contribution < -0.4 is 10.5 Å². The average Bonchev–Trinajstić information content (AvgIpc) is 2.48. The van der Waals surface area contributed by atoms with Crippen molar-refractivity contribution in [1.82, 2.24) is 4.72 Å². The zero-order valence-electron chi connectivity index (χ0n) is 11.4. The monoisotopic (exact) mass is 291 g/mol. The number of hydrogen-bond acceptors (Lipinski definition) is 2. The Morgan fingerprint density at radius 3 is 2.00 bits per heavy atom. The third-order valence-electron chi connectivity index (χ3n) is 3.32. The number of benzene rings is 2. The first-order valence-corrected chi connectivity index (χ1v) is 7.90. The Labute approximate surface area is 119 Å². The van der Waals surface area contributed by atoms with Crippen LogP contribution in [0.3, 0.4) is 0 Å². The zero-order valence-corrected chi connectivity index (χ0v) is 12.2. The minimum Gasteiger partial charge on any atom is -0.356 e. The lowest BCUT2D eigenvalue weighted by atomic mass is 9.94. The van der Waals surface area contributed by atoms with Gasteiger partial charge in [0.1, 0.15) is 5.54 Å². The highest BCUT2D eigenvalue weighted by Crippen LogP contribution is 2.22. The second-order valence-corrected chi connectivity index (χ2v) is 6.55. The van der Waals surface area contributed by atoms with Crippen molar-refractivity contribution < 1.29 is 14.2 Å². The molecule has 5 heteroatoms. The van der Waals surface area contributed by atoms with Gasteiger partial charge in [0.2, 0.25) is 10.0 Å². The van der Waals surface area contributed by atoms with E-state index < -0.39 is 15.6 Å². The lowest BCUT2D eigenvalue weighted by Crippen LogP contribution is -2.64. The summed E-state index contributed by atoms with van der Waals surface area (Å²) in [4.78, 5) is 0.260. The van der Waals surface area contributed by atoms with Gasteiger partial charge in [-0.3, -0.25) is 0 Å². The molecule has 0 aromatic heterocycles. The fraction of sp³-hybridized carbons (Fsp3) is 0.200. The van der Waals surface area contributed by atoms with E-state index in [0.717, 1.165) is 5.56 Å². The first-order valence-electron chi connectivity index (χ1n) is 6.42. The summed E-state index contributed by atoms with van der Waals surface area (Å²) in [5, 5.41) is 0. The Balaban J connectivity index is 2.36. The molecule has 0 spiro atoms. The standard InChI is InChI=1S/C15H18N2O2S/c1-15(12-16,13-8-4-2-5-9-13)17-20(18,19)14-10-6-3-7-11-14/h2-11,17H,12,16H2,1H3/p+1/t15-/m1/s1. The van der Waals surface area contributed by atoms with Crippen molar-refractivity contribution >= 4 is 10.0 Å². The maximum absolute atomic E-state index is 12.4. The Kier molecular flexibility index (Phi) is 4.23. The lowest BCUT2D eigenvalue weighted by Gasteiger charge is -2.27.